The largest absolute Gasteiger partial charge is 0.476 e. The van der Waals surface area contributed by atoms with Crippen molar-refractivity contribution in [3.8, 4) is 5.88 Å². The van der Waals surface area contributed by atoms with Crippen molar-refractivity contribution in [2.24, 2.45) is 11.8 Å². The molecule has 2 unspecified atom stereocenters. The van der Waals surface area contributed by atoms with E-state index in [0.29, 0.717) is 12.5 Å². The molecule has 8 heteroatoms. The smallest absolute Gasteiger partial charge is 0.372 e. The van der Waals surface area contributed by atoms with E-state index in [2.05, 4.69) is 15.3 Å². The van der Waals surface area contributed by atoms with Gasteiger partial charge in [-0.05, 0) is 24.7 Å². The fourth-order valence-corrected chi connectivity index (χ4v) is 2.83. The van der Waals surface area contributed by atoms with Crippen molar-refractivity contribution in [3.63, 3.8) is 0 Å². The first kappa shape index (κ1) is 15.4. The van der Waals surface area contributed by atoms with Gasteiger partial charge in [-0.2, -0.15) is 4.98 Å². The zero-order valence-corrected chi connectivity index (χ0v) is 12.0. The molecule has 8 nitrogen and oxygen atoms in total. The molecule has 0 radical (unpaired) electrons. The van der Waals surface area contributed by atoms with E-state index >= 15 is 0 Å². The van der Waals surface area contributed by atoms with Crippen LogP contribution in [0.3, 0.4) is 0 Å². The normalized spacial score (nSPS) is 21.8. The summed E-state index contributed by atoms with van der Waals surface area (Å²) in [6.07, 6.45) is 5.49. The topological polar surface area (TPSA) is 110 Å². The third-order valence-electron chi connectivity index (χ3n) is 4.00. The van der Waals surface area contributed by atoms with Gasteiger partial charge in [0, 0.05) is 13.2 Å². The maximum Gasteiger partial charge on any atom is 0.372 e. The lowest BCUT2D eigenvalue weighted by Gasteiger charge is -2.30. The fourth-order valence-electron chi connectivity index (χ4n) is 2.83. The number of nitrogens with one attached hydrogen (secondary N) is 1. The van der Waals surface area contributed by atoms with Crippen LogP contribution in [0.25, 0.3) is 0 Å². The Kier molecular flexibility index (Phi) is 5.26. The monoisotopic (exact) mass is 296 g/mol. The molecule has 0 bridgehead atoms. The van der Waals surface area contributed by atoms with Crippen LogP contribution in [0.4, 0.5) is 11.5 Å². The van der Waals surface area contributed by atoms with E-state index in [1.165, 1.54) is 13.4 Å². The highest BCUT2D eigenvalue weighted by molar-refractivity contribution is 5.61. The number of nitro groups is 1. The molecule has 116 valence electrons. The molecule has 2 rings (SSSR count). The predicted octanol–water partition coefficient (Wildman–Crippen LogP) is 1.60. The van der Waals surface area contributed by atoms with E-state index in [-0.39, 0.29) is 29.9 Å². The Hall–Kier alpha value is -1.96. The third kappa shape index (κ3) is 3.57. The Morgan fingerprint density at radius 1 is 1.43 bits per heavy atom. The molecular weight excluding hydrogens is 276 g/mol. The summed E-state index contributed by atoms with van der Waals surface area (Å²) in [5, 5.41) is 23.6. The van der Waals surface area contributed by atoms with Crippen molar-refractivity contribution in [2.75, 3.05) is 25.6 Å². The zero-order chi connectivity index (χ0) is 15.2. The highest BCUT2D eigenvalue weighted by atomic mass is 16.6. The van der Waals surface area contributed by atoms with E-state index in [0.717, 1.165) is 25.7 Å². The summed E-state index contributed by atoms with van der Waals surface area (Å²) in [6, 6.07) is 0. The molecule has 1 aliphatic rings. The van der Waals surface area contributed by atoms with Gasteiger partial charge in [-0.1, -0.05) is 12.8 Å². The second-order valence-electron chi connectivity index (χ2n) is 5.21. The molecule has 0 saturated heterocycles. The first-order valence-corrected chi connectivity index (χ1v) is 7.05. The molecule has 1 aromatic heterocycles. The van der Waals surface area contributed by atoms with Gasteiger partial charge in [-0.15, -0.1) is 0 Å². The number of aliphatic hydroxyl groups is 1. The van der Waals surface area contributed by atoms with Crippen LogP contribution < -0.4 is 10.1 Å². The van der Waals surface area contributed by atoms with Gasteiger partial charge in [0.25, 0.3) is 5.88 Å². The van der Waals surface area contributed by atoms with Crippen LogP contribution in [-0.2, 0) is 0 Å². The molecule has 1 aliphatic carbocycles. The molecule has 2 atom stereocenters. The fraction of sp³-hybridized carbons (Fsp3) is 0.692. The molecule has 0 aliphatic heterocycles. The second-order valence-corrected chi connectivity index (χ2v) is 5.21. The van der Waals surface area contributed by atoms with Crippen LogP contribution in [-0.4, -0.2) is 40.3 Å². The maximum absolute atomic E-state index is 11.1. The number of nitrogens with zero attached hydrogens (tertiary/aromatic N) is 3. The van der Waals surface area contributed by atoms with Gasteiger partial charge < -0.3 is 15.2 Å². The van der Waals surface area contributed by atoms with E-state index < -0.39 is 4.92 Å². The Balaban J connectivity index is 2.10. The molecule has 1 saturated carbocycles. The minimum atomic E-state index is -0.550. The quantitative estimate of drug-likeness (QED) is 0.606. The van der Waals surface area contributed by atoms with Crippen molar-refractivity contribution in [1.29, 1.82) is 0 Å². The zero-order valence-electron chi connectivity index (χ0n) is 12.0. The van der Waals surface area contributed by atoms with E-state index in [1.807, 2.05) is 0 Å². The average Bonchev–Trinajstić information content (AvgIpc) is 2.52. The molecule has 0 spiro atoms. The van der Waals surface area contributed by atoms with E-state index in [1.54, 1.807) is 0 Å². The predicted molar refractivity (Wildman–Crippen MR) is 76.3 cm³/mol. The average molecular weight is 296 g/mol. The number of aliphatic hydroxyl groups excluding tert-OH is 1. The first-order valence-electron chi connectivity index (χ1n) is 7.05. The third-order valence-corrected chi connectivity index (χ3v) is 4.00. The molecule has 2 N–H and O–H groups in total. The summed E-state index contributed by atoms with van der Waals surface area (Å²) >= 11 is 0. The van der Waals surface area contributed by atoms with Gasteiger partial charge >= 0.3 is 5.69 Å². The van der Waals surface area contributed by atoms with Gasteiger partial charge in [-0.3, -0.25) is 10.1 Å². The number of ether oxygens (including phenoxy) is 1. The van der Waals surface area contributed by atoms with Crippen molar-refractivity contribution in [3.05, 3.63) is 16.4 Å². The second kappa shape index (κ2) is 7.16. The van der Waals surface area contributed by atoms with Crippen LogP contribution in [0.1, 0.15) is 25.7 Å². The summed E-state index contributed by atoms with van der Waals surface area (Å²) in [5.74, 6) is 0.646. The molecule has 0 aromatic carbocycles. The van der Waals surface area contributed by atoms with E-state index in [4.69, 9.17) is 4.74 Å². The first-order chi connectivity index (χ1) is 10.2. The van der Waals surface area contributed by atoms with Crippen molar-refractivity contribution in [2.45, 2.75) is 25.7 Å². The Bertz CT molecular complexity index is 497. The molecule has 1 fully saturated rings. The lowest BCUT2D eigenvalue weighted by molar-refractivity contribution is -0.385. The molecular formula is C13H20N4O4. The van der Waals surface area contributed by atoms with E-state index in [9.17, 15) is 15.2 Å². The lowest BCUT2D eigenvalue weighted by Crippen LogP contribution is -2.29. The summed E-state index contributed by atoms with van der Waals surface area (Å²) in [7, 11) is 1.34. The number of rotatable bonds is 6. The molecule has 0 amide bonds. The van der Waals surface area contributed by atoms with Gasteiger partial charge in [0.1, 0.15) is 6.33 Å². The highest BCUT2D eigenvalue weighted by Gasteiger charge is 2.27. The summed E-state index contributed by atoms with van der Waals surface area (Å²) in [5.41, 5.74) is -0.253. The van der Waals surface area contributed by atoms with Crippen molar-refractivity contribution < 1.29 is 14.8 Å². The Morgan fingerprint density at radius 2 is 2.14 bits per heavy atom. The highest BCUT2D eigenvalue weighted by Crippen LogP contribution is 2.33. The van der Waals surface area contributed by atoms with Crippen LogP contribution in [0, 0.1) is 22.0 Å². The van der Waals surface area contributed by atoms with Crippen molar-refractivity contribution >= 4 is 11.5 Å². The number of hydrogen-bond acceptors (Lipinski definition) is 7. The van der Waals surface area contributed by atoms with Crippen LogP contribution in [0.15, 0.2) is 6.33 Å². The van der Waals surface area contributed by atoms with Crippen LogP contribution in [0.2, 0.25) is 0 Å². The SMILES string of the molecule is COc1ncnc(NCC2CCCCC2CO)c1[N+](=O)[O-]. The van der Waals surface area contributed by atoms with Gasteiger partial charge in [0.2, 0.25) is 5.82 Å². The number of aromatic nitrogens is 2. The number of hydrogen-bond donors (Lipinski definition) is 2. The minimum absolute atomic E-state index is 0.0557. The van der Waals surface area contributed by atoms with Crippen LogP contribution >= 0.6 is 0 Å². The standard InChI is InChI=1S/C13H20N4O4/c1-21-13-11(17(19)20)12(15-8-16-13)14-6-9-4-2-3-5-10(9)7-18/h8-10,18H,2-7H2,1H3,(H,14,15,16). The number of anilines is 1. The minimum Gasteiger partial charge on any atom is -0.476 e. The lowest BCUT2D eigenvalue weighted by atomic mass is 9.79. The summed E-state index contributed by atoms with van der Waals surface area (Å²) in [6.45, 7) is 0.702. The summed E-state index contributed by atoms with van der Waals surface area (Å²) in [4.78, 5) is 18.3. The summed E-state index contributed by atoms with van der Waals surface area (Å²) < 4.78 is 4.91. The molecule has 1 aromatic rings. The number of methoxy groups -OCH3 is 1. The van der Waals surface area contributed by atoms with Gasteiger partial charge in [-0.25, -0.2) is 4.98 Å². The molecule has 21 heavy (non-hydrogen) atoms. The Labute approximate surface area is 122 Å². The Morgan fingerprint density at radius 3 is 2.76 bits per heavy atom. The maximum atomic E-state index is 11.1. The van der Waals surface area contributed by atoms with Crippen molar-refractivity contribution in [1.82, 2.24) is 9.97 Å². The van der Waals surface area contributed by atoms with Crippen LogP contribution in [0.5, 0.6) is 5.88 Å². The van der Waals surface area contributed by atoms with Gasteiger partial charge in [0.05, 0.1) is 12.0 Å². The molecule has 1 heterocycles. The van der Waals surface area contributed by atoms with Gasteiger partial charge in [0.15, 0.2) is 0 Å².